The van der Waals surface area contributed by atoms with Gasteiger partial charge in [-0.05, 0) is 122 Å². The second-order valence-corrected chi connectivity index (χ2v) is 16.7. The van der Waals surface area contributed by atoms with E-state index >= 15 is 0 Å². The first-order chi connectivity index (χ1) is 23.4. The number of ether oxygens (including phenoxy) is 4. The van der Waals surface area contributed by atoms with E-state index in [-0.39, 0.29) is 51.5 Å². The van der Waals surface area contributed by atoms with Crippen LogP contribution in [-0.4, -0.2) is 45.0 Å². The Hall–Kier alpha value is -2.65. The summed E-state index contributed by atoms with van der Waals surface area (Å²) in [4.78, 5) is 26.4. The van der Waals surface area contributed by atoms with Gasteiger partial charge in [-0.15, -0.1) is 6.58 Å². The maximum Gasteiger partial charge on any atom is 0.416 e. The number of alkyl halides is 3. The van der Waals surface area contributed by atoms with Gasteiger partial charge in [0.1, 0.15) is 6.10 Å². The number of hydrogen-bond donors (Lipinski definition) is 0. The fourth-order valence-corrected chi connectivity index (χ4v) is 11.4. The zero-order valence-electron chi connectivity index (χ0n) is 31.2. The lowest BCUT2D eigenvalue weighted by Gasteiger charge is -2.61. The summed E-state index contributed by atoms with van der Waals surface area (Å²) in [7, 11) is 4.50. The molecule has 0 amide bonds. The highest BCUT2D eigenvalue weighted by Gasteiger charge is 2.81. The number of fused-ring (bicyclic) bond motifs is 2. The number of allylic oxidation sites excluding steroid dienone is 1. The van der Waals surface area contributed by atoms with Crippen molar-refractivity contribution in [2.75, 3.05) is 21.3 Å². The van der Waals surface area contributed by atoms with Gasteiger partial charge in [-0.25, -0.2) is 4.79 Å². The minimum atomic E-state index is -4.49. The molecule has 9 heteroatoms. The van der Waals surface area contributed by atoms with Crippen LogP contribution < -0.4 is 0 Å². The second kappa shape index (κ2) is 13.7. The van der Waals surface area contributed by atoms with E-state index in [1.807, 2.05) is 6.08 Å². The van der Waals surface area contributed by atoms with Crippen LogP contribution in [0, 0.1) is 45.3 Å². The lowest BCUT2D eigenvalue weighted by molar-refractivity contribution is -0.183. The minimum Gasteiger partial charge on any atom is -0.469 e. The van der Waals surface area contributed by atoms with Crippen LogP contribution in [0.5, 0.6) is 0 Å². The number of carbonyl (C=O) groups excluding carboxylic acids is 2. The van der Waals surface area contributed by atoms with Gasteiger partial charge in [0.15, 0.2) is 6.10 Å². The fourth-order valence-electron chi connectivity index (χ4n) is 11.4. The third kappa shape index (κ3) is 6.37. The molecule has 278 valence electrons. The van der Waals surface area contributed by atoms with E-state index in [2.05, 4.69) is 53.3 Å². The molecule has 4 fully saturated rings. The van der Waals surface area contributed by atoms with Crippen LogP contribution in [0.4, 0.5) is 13.2 Å². The molecule has 0 bridgehead atoms. The zero-order chi connectivity index (χ0) is 36.9. The van der Waals surface area contributed by atoms with Gasteiger partial charge in [0.05, 0.1) is 18.3 Å². The predicted octanol–water partition coefficient (Wildman–Crippen LogP) is 9.68. The molecule has 50 heavy (non-hydrogen) atoms. The van der Waals surface area contributed by atoms with E-state index in [4.69, 9.17) is 18.9 Å². The number of carbonyl (C=O) groups is 2. The first kappa shape index (κ1) is 38.6. The van der Waals surface area contributed by atoms with Crippen molar-refractivity contribution in [3.05, 3.63) is 60.2 Å². The van der Waals surface area contributed by atoms with Crippen LogP contribution in [-0.2, 0) is 34.7 Å². The normalized spacial score (nSPS) is 36.1. The van der Waals surface area contributed by atoms with Gasteiger partial charge in [-0.2, -0.15) is 13.2 Å². The summed E-state index contributed by atoms with van der Waals surface area (Å²) in [5.41, 5.74) is -1.01. The molecule has 0 aromatic heterocycles. The quantitative estimate of drug-likeness (QED) is 0.151. The summed E-state index contributed by atoms with van der Waals surface area (Å²) in [5.74, 6) is 0.190. The molecule has 4 saturated carbocycles. The largest absolute Gasteiger partial charge is 0.469 e. The molecular formula is C41H57F3O6. The first-order valence-electron chi connectivity index (χ1n) is 18.2. The van der Waals surface area contributed by atoms with Crippen LogP contribution in [0.25, 0.3) is 0 Å². The Balaban J connectivity index is 1.45. The van der Waals surface area contributed by atoms with E-state index < -0.39 is 29.9 Å². The van der Waals surface area contributed by atoms with Crippen LogP contribution in [0.1, 0.15) is 110 Å². The number of benzene rings is 1. The fraction of sp³-hybridized carbons (Fsp3) is 0.707. The van der Waals surface area contributed by atoms with Gasteiger partial charge in [-0.3, -0.25) is 4.79 Å². The number of halogens is 3. The van der Waals surface area contributed by atoms with Crippen molar-refractivity contribution in [3.63, 3.8) is 0 Å². The monoisotopic (exact) mass is 702 g/mol. The molecule has 6 nitrogen and oxygen atoms in total. The Kier molecular flexibility index (Phi) is 10.6. The third-order valence-electron chi connectivity index (χ3n) is 14.4. The highest BCUT2D eigenvalue weighted by molar-refractivity contribution is 5.77. The Morgan fingerprint density at radius 1 is 1.04 bits per heavy atom. The molecule has 0 unspecified atom stereocenters. The van der Waals surface area contributed by atoms with E-state index in [0.29, 0.717) is 30.2 Å². The van der Waals surface area contributed by atoms with Crippen molar-refractivity contribution >= 4 is 11.9 Å². The standard InChI is InChI=1S/C41H57F3O6/c1-10-29-31(50-35(46)34(48-8)27-13-15-28(16-14-27)41(42,43)44)24-32-38(6)20-17-30(26(2)12-11-19-36(3,4)49-9)37(38,5)22-23-40(32)25-39(29,40)21-18-33(45)47-7/h10-11,13-16,19,26,29-32,34H,1,12,17-18,20-25H2,2-9H3/b19-11+/t26-,29-,30-,31+,32+,34-,37-,38+,39-,40+/m1/s1. The van der Waals surface area contributed by atoms with Crippen LogP contribution >= 0.6 is 0 Å². The summed E-state index contributed by atoms with van der Waals surface area (Å²) in [6, 6.07) is 4.45. The highest BCUT2D eigenvalue weighted by atomic mass is 19.4. The van der Waals surface area contributed by atoms with Crippen LogP contribution in [0.2, 0.25) is 0 Å². The van der Waals surface area contributed by atoms with Crippen molar-refractivity contribution in [2.24, 2.45) is 45.3 Å². The molecular weight excluding hydrogens is 645 g/mol. The molecule has 0 saturated heterocycles. The predicted molar refractivity (Wildman–Crippen MR) is 186 cm³/mol. The van der Waals surface area contributed by atoms with E-state index in [1.165, 1.54) is 26.4 Å². The topological polar surface area (TPSA) is 71.1 Å². The Bertz CT molecular complexity index is 1450. The lowest BCUT2D eigenvalue weighted by atomic mass is 9.43. The van der Waals surface area contributed by atoms with Gasteiger partial charge in [-0.1, -0.05) is 51.1 Å². The maximum absolute atomic E-state index is 13.9. The SMILES string of the molecule is C=C[C@@H]1[C@@H](OC(=O)[C@H](OC)c2ccc(C(F)(F)F)cc2)C[C@@H]2[C@]3(CC[C@]4(C)[C@@H]([C@H](C)C/C=C/C(C)(C)OC)CC[C@@]24C)C[C@]13CCC(=O)OC. The molecule has 0 N–H and O–H groups in total. The minimum absolute atomic E-state index is 0.00560. The van der Waals surface area contributed by atoms with Crippen LogP contribution in [0.15, 0.2) is 49.1 Å². The van der Waals surface area contributed by atoms with E-state index in [1.54, 1.807) is 7.11 Å². The summed E-state index contributed by atoms with van der Waals surface area (Å²) in [6.07, 6.45) is 8.01. The van der Waals surface area contributed by atoms with Gasteiger partial charge >= 0.3 is 18.1 Å². The Labute approximate surface area is 296 Å². The van der Waals surface area contributed by atoms with Gasteiger partial charge in [0, 0.05) is 26.6 Å². The number of hydrogen-bond acceptors (Lipinski definition) is 6. The van der Waals surface area contributed by atoms with Crippen molar-refractivity contribution in [1.82, 2.24) is 0 Å². The van der Waals surface area contributed by atoms with E-state index in [9.17, 15) is 22.8 Å². The summed E-state index contributed by atoms with van der Waals surface area (Å²) < 4.78 is 62.4. The van der Waals surface area contributed by atoms with Crippen molar-refractivity contribution in [1.29, 1.82) is 0 Å². The Morgan fingerprint density at radius 2 is 1.72 bits per heavy atom. The Morgan fingerprint density at radius 3 is 2.30 bits per heavy atom. The molecule has 1 aromatic rings. The van der Waals surface area contributed by atoms with Gasteiger partial charge < -0.3 is 18.9 Å². The molecule has 5 rings (SSSR count). The number of esters is 2. The highest BCUT2D eigenvalue weighted by Crippen LogP contribution is 2.87. The summed E-state index contributed by atoms with van der Waals surface area (Å²) >= 11 is 0. The maximum atomic E-state index is 13.9. The zero-order valence-corrected chi connectivity index (χ0v) is 31.2. The van der Waals surface area contributed by atoms with Crippen LogP contribution in [0.3, 0.4) is 0 Å². The molecule has 1 aromatic carbocycles. The molecule has 0 heterocycles. The summed E-state index contributed by atoms with van der Waals surface area (Å²) in [6.45, 7) is 15.7. The van der Waals surface area contributed by atoms with Crippen molar-refractivity contribution < 1.29 is 41.7 Å². The lowest BCUT2D eigenvalue weighted by Crippen LogP contribution is -2.57. The number of rotatable bonds is 13. The molecule has 1 spiro atoms. The first-order valence-corrected chi connectivity index (χ1v) is 18.2. The number of methoxy groups -OCH3 is 3. The van der Waals surface area contributed by atoms with E-state index in [0.717, 1.165) is 50.7 Å². The average molecular weight is 703 g/mol. The third-order valence-corrected chi connectivity index (χ3v) is 14.4. The molecule has 0 radical (unpaired) electrons. The van der Waals surface area contributed by atoms with Gasteiger partial charge in [0.2, 0.25) is 0 Å². The molecule has 4 aliphatic carbocycles. The molecule has 4 aliphatic rings. The summed E-state index contributed by atoms with van der Waals surface area (Å²) in [5, 5.41) is 0. The molecule has 0 aliphatic heterocycles. The second-order valence-electron chi connectivity index (χ2n) is 16.7. The average Bonchev–Trinajstić information content (AvgIpc) is 3.65. The van der Waals surface area contributed by atoms with Crippen molar-refractivity contribution in [2.45, 2.75) is 116 Å². The van der Waals surface area contributed by atoms with Crippen molar-refractivity contribution in [3.8, 4) is 0 Å². The van der Waals surface area contributed by atoms with Gasteiger partial charge in [0.25, 0.3) is 0 Å². The smallest absolute Gasteiger partial charge is 0.416 e. The molecule has 10 atom stereocenters.